The van der Waals surface area contributed by atoms with Gasteiger partial charge in [0, 0.05) is 19.1 Å². The van der Waals surface area contributed by atoms with E-state index in [0.717, 1.165) is 19.2 Å². The van der Waals surface area contributed by atoms with Gasteiger partial charge < -0.3 is 10.6 Å². The zero-order valence-electron chi connectivity index (χ0n) is 12.2. The van der Waals surface area contributed by atoms with E-state index in [4.69, 9.17) is 0 Å². The summed E-state index contributed by atoms with van der Waals surface area (Å²) >= 11 is 0. The zero-order chi connectivity index (χ0) is 15.2. The van der Waals surface area contributed by atoms with Crippen molar-refractivity contribution in [2.75, 3.05) is 13.1 Å². The first-order valence-corrected chi connectivity index (χ1v) is 6.90. The van der Waals surface area contributed by atoms with Gasteiger partial charge in [-0.05, 0) is 31.0 Å². The largest absolute Gasteiger partial charge is 0.416 e. The maximum absolute atomic E-state index is 12.8. The number of rotatable bonds is 7. The van der Waals surface area contributed by atoms with Gasteiger partial charge in [0.15, 0.2) is 0 Å². The Morgan fingerprint density at radius 1 is 1.05 bits per heavy atom. The molecule has 1 aromatic rings. The van der Waals surface area contributed by atoms with Gasteiger partial charge >= 0.3 is 6.18 Å². The summed E-state index contributed by atoms with van der Waals surface area (Å²) in [5.41, 5.74) is -0.273. The van der Waals surface area contributed by atoms with Crippen LogP contribution in [0.25, 0.3) is 0 Å². The second-order valence-corrected chi connectivity index (χ2v) is 5.49. The van der Waals surface area contributed by atoms with Crippen LogP contribution in [0.1, 0.15) is 31.9 Å². The molecule has 1 rings (SSSR count). The van der Waals surface area contributed by atoms with E-state index in [0.29, 0.717) is 5.92 Å². The maximum Gasteiger partial charge on any atom is 0.416 e. The zero-order valence-corrected chi connectivity index (χ0v) is 12.2. The van der Waals surface area contributed by atoms with Crippen LogP contribution in [0.15, 0.2) is 24.3 Å². The highest BCUT2D eigenvalue weighted by atomic mass is 19.4. The van der Waals surface area contributed by atoms with E-state index in [1.165, 1.54) is 12.1 Å². The second-order valence-electron chi connectivity index (χ2n) is 5.49. The molecule has 5 heteroatoms. The van der Waals surface area contributed by atoms with Crippen LogP contribution >= 0.6 is 0 Å². The van der Waals surface area contributed by atoms with Crippen molar-refractivity contribution in [3.05, 3.63) is 35.4 Å². The molecule has 0 aliphatic carbocycles. The topological polar surface area (TPSA) is 24.1 Å². The van der Waals surface area contributed by atoms with Gasteiger partial charge in [-0.2, -0.15) is 13.2 Å². The SMILES string of the molecule is CC(C)CNCC(C)NCc1ccccc1C(F)(F)F. The molecule has 114 valence electrons. The number of halogens is 3. The molecule has 2 N–H and O–H groups in total. The second kappa shape index (κ2) is 7.64. The average molecular weight is 288 g/mol. The lowest BCUT2D eigenvalue weighted by molar-refractivity contribution is -0.138. The molecule has 0 saturated heterocycles. The fraction of sp³-hybridized carbons (Fsp3) is 0.600. The Morgan fingerprint density at radius 3 is 2.30 bits per heavy atom. The first-order chi connectivity index (χ1) is 9.30. The highest BCUT2D eigenvalue weighted by molar-refractivity contribution is 5.29. The first kappa shape index (κ1) is 17.0. The molecule has 1 atom stereocenters. The Balaban J connectivity index is 2.49. The molecule has 0 radical (unpaired) electrons. The van der Waals surface area contributed by atoms with Gasteiger partial charge in [0.1, 0.15) is 0 Å². The van der Waals surface area contributed by atoms with E-state index >= 15 is 0 Å². The van der Waals surface area contributed by atoms with Crippen LogP contribution in [-0.2, 0) is 12.7 Å². The summed E-state index contributed by atoms with van der Waals surface area (Å²) < 4.78 is 38.5. The minimum Gasteiger partial charge on any atom is -0.315 e. The van der Waals surface area contributed by atoms with Crippen LogP contribution in [-0.4, -0.2) is 19.1 Å². The predicted octanol–water partition coefficient (Wildman–Crippen LogP) is 3.43. The monoisotopic (exact) mass is 288 g/mol. The molecule has 0 heterocycles. The Labute approximate surface area is 118 Å². The highest BCUT2D eigenvalue weighted by Crippen LogP contribution is 2.31. The van der Waals surface area contributed by atoms with Crippen molar-refractivity contribution in [1.82, 2.24) is 10.6 Å². The van der Waals surface area contributed by atoms with E-state index < -0.39 is 11.7 Å². The molecular weight excluding hydrogens is 265 g/mol. The average Bonchev–Trinajstić information content (AvgIpc) is 2.35. The Morgan fingerprint density at radius 2 is 1.70 bits per heavy atom. The fourth-order valence-corrected chi connectivity index (χ4v) is 1.90. The third kappa shape index (κ3) is 5.92. The van der Waals surface area contributed by atoms with E-state index in [1.54, 1.807) is 6.07 Å². The van der Waals surface area contributed by atoms with Crippen molar-refractivity contribution in [2.24, 2.45) is 5.92 Å². The Kier molecular flexibility index (Phi) is 6.49. The van der Waals surface area contributed by atoms with Crippen LogP contribution in [0.5, 0.6) is 0 Å². The smallest absolute Gasteiger partial charge is 0.315 e. The minimum absolute atomic E-state index is 0.120. The summed E-state index contributed by atoms with van der Waals surface area (Å²) in [5, 5.41) is 6.40. The lowest BCUT2D eigenvalue weighted by Crippen LogP contribution is -2.37. The molecule has 0 saturated carbocycles. The van der Waals surface area contributed by atoms with Crippen LogP contribution in [0, 0.1) is 5.92 Å². The van der Waals surface area contributed by atoms with E-state index in [-0.39, 0.29) is 18.2 Å². The van der Waals surface area contributed by atoms with Crippen molar-refractivity contribution >= 4 is 0 Å². The molecule has 0 bridgehead atoms. The third-order valence-electron chi connectivity index (χ3n) is 2.97. The van der Waals surface area contributed by atoms with E-state index in [1.807, 2.05) is 6.92 Å². The van der Waals surface area contributed by atoms with Gasteiger partial charge in [0.25, 0.3) is 0 Å². The Bertz CT molecular complexity index is 402. The van der Waals surface area contributed by atoms with Gasteiger partial charge in [-0.15, -0.1) is 0 Å². The molecule has 0 aliphatic rings. The molecule has 0 aromatic heterocycles. The third-order valence-corrected chi connectivity index (χ3v) is 2.97. The molecule has 1 aromatic carbocycles. The summed E-state index contributed by atoms with van der Waals surface area (Å²) in [5.74, 6) is 0.563. The highest BCUT2D eigenvalue weighted by Gasteiger charge is 2.32. The number of nitrogens with one attached hydrogen (secondary N) is 2. The summed E-state index contributed by atoms with van der Waals surface area (Å²) in [6.07, 6.45) is -4.29. The standard InChI is InChI=1S/C15H23F3N2/c1-11(2)8-19-9-12(3)20-10-13-6-4-5-7-14(13)15(16,17)18/h4-7,11-12,19-20H,8-10H2,1-3H3. The van der Waals surface area contributed by atoms with Crippen molar-refractivity contribution in [3.63, 3.8) is 0 Å². The first-order valence-electron chi connectivity index (χ1n) is 6.90. The van der Waals surface area contributed by atoms with Gasteiger partial charge in [-0.25, -0.2) is 0 Å². The molecule has 0 fully saturated rings. The van der Waals surface area contributed by atoms with Gasteiger partial charge in [-0.1, -0.05) is 32.0 Å². The van der Waals surface area contributed by atoms with Gasteiger partial charge in [0.2, 0.25) is 0 Å². The summed E-state index contributed by atoms with van der Waals surface area (Å²) in [4.78, 5) is 0. The van der Waals surface area contributed by atoms with Gasteiger partial charge in [-0.3, -0.25) is 0 Å². The van der Waals surface area contributed by atoms with E-state index in [2.05, 4.69) is 24.5 Å². The molecule has 2 nitrogen and oxygen atoms in total. The molecule has 0 spiro atoms. The number of alkyl halides is 3. The quantitative estimate of drug-likeness (QED) is 0.803. The summed E-state index contributed by atoms with van der Waals surface area (Å²) in [6, 6.07) is 5.81. The van der Waals surface area contributed by atoms with Gasteiger partial charge in [0.05, 0.1) is 5.56 Å². The number of hydrogen-bond donors (Lipinski definition) is 2. The number of benzene rings is 1. The minimum atomic E-state index is -4.29. The lowest BCUT2D eigenvalue weighted by atomic mass is 10.1. The van der Waals surface area contributed by atoms with Crippen LogP contribution in [0.3, 0.4) is 0 Å². The molecule has 0 aliphatic heterocycles. The summed E-state index contributed by atoms with van der Waals surface area (Å²) in [6.45, 7) is 8.07. The lowest BCUT2D eigenvalue weighted by Gasteiger charge is -2.18. The molecule has 1 unspecified atom stereocenters. The van der Waals surface area contributed by atoms with Crippen LogP contribution in [0.4, 0.5) is 13.2 Å². The van der Waals surface area contributed by atoms with E-state index in [9.17, 15) is 13.2 Å². The van der Waals surface area contributed by atoms with Crippen LogP contribution in [0.2, 0.25) is 0 Å². The fourth-order valence-electron chi connectivity index (χ4n) is 1.90. The van der Waals surface area contributed by atoms with Crippen molar-refractivity contribution < 1.29 is 13.2 Å². The van der Waals surface area contributed by atoms with Crippen molar-refractivity contribution in [2.45, 2.75) is 39.5 Å². The normalized spacial score (nSPS) is 13.8. The summed E-state index contributed by atoms with van der Waals surface area (Å²) in [7, 11) is 0. The molecular formula is C15H23F3N2. The van der Waals surface area contributed by atoms with Crippen LogP contribution < -0.4 is 10.6 Å². The maximum atomic E-state index is 12.8. The molecule has 0 amide bonds. The molecule has 20 heavy (non-hydrogen) atoms. The van der Waals surface area contributed by atoms with Crippen molar-refractivity contribution in [3.8, 4) is 0 Å². The number of hydrogen-bond acceptors (Lipinski definition) is 2. The Hall–Kier alpha value is -1.07. The predicted molar refractivity (Wildman–Crippen MR) is 75.5 cm³/mol. The van der Waals surface area contributed by atoms with Crippen molar-refractivity contribution in [1.29, 1.82) is 0 Å².